The van der Waals surface area contributed by atoms with Gasteiger partial charge in [0, 0.05) is 22.8 Å². The molecule has 0 atom stereocenters. The van der Waals surface area contributed by atoms with Crippen LogP contribution in [0.5, 0.6) is 0 Å². The lowest BCUT2D eigenvalue weighted by Gasteiger charge is -2.29. The Hall–Kier alpha value is -3.72. The summed E-state index contributed by atoms with van der Waals surface area (Å²) in [6.07, 6.45) is 1.88. The molecule has 2 heterocycles. The molecule has 0 bridgehead atoms. The SMILES string of the molecule is CN1CCC(NC(=O)Nc2ccc(NC(=O)c3ccccc3-c3nc(C(C)(C)C)no3)cc2)CC1. The molecule has 4 rings (SSSR count). The van der Waals surface area contributed by atoms with Crippen LogP contribution in [0.25, 0.3) is 11.5 Å². The second-order valence-corrected chi connectivity index (χ2v) is 9.93. The van der Waals surface area contributed by atoms with E-state index < -0.39 is 0 Å². The maximum absolute atomic E-state index is 13.0. The first-order valence-electron chi connectivity index (χ1n) is 11.8. The zero-order chi connectivity index (χ0) is 25.0. The van der Waals surface area contributed by atoms with Crippen LogP contribution in [-0.2, 0) is 5.41 Å². The van der Waals surface area contributed by atoms with Gasteiger partial charge in [-0.15, -0.1) is 0 Å². The third kappa shape index (κ3) is 6.24. The molecule has 2 aromatic carbocycles. The topological polar surface area (TPSA) is 112 Å². The highest BCUT2D eigenvalue weighted by atomic mass is 16.5. The van der Waals surface area contributed by atoms with Gasteiger partial charge < -0.3 is 25.4 Å². The molecule has 1 aliphatic heterocycles. The molecule has 9 nitrogen and oxygen atoms in total. The smallest absolute Gasteiger partial charge is 0.319 e. The van der Waals surface area contributed by atoms with Crippen molar-refractivity contribution in [3.05, 3.63) is 59.9 Å². The Morgan fingerprint density at radius 3 is 2.23 bits per heavy atom. The van der Waals surface area contributed by atoms with Gasteiger partial charge in [0.15, 0.2) is 5.82 Å². The van der Waals surface area contributed by atoms with Gasteiger partial charge >= 0.3 is 6.03 Å². The fraction of sp³-hybridized carbons (Fsp3) is 0.385. The monoisotopic (exact) mass is 476 g/mol. The van der Waals surface area contributed by atoms with E-state index in [2.05, 4.69) is 38.0 Å². The number of hydrogen-bond acceptors (Lipinski definition) is 6. The number of urea groups is 1. The van der Waals surface area contributed by atoms with Crippen LogP contribution in [0.4, 0.5) is 16.2 Å². The molecular weight excluding hydrogens is 444 g/mol. The Labute approximate surface area is 205 Å². The van der Waals surface area contributed by atoms with Gasteiger partial charge in [-0.3, -0.25) is 4.79 Å². The maximum Gasteiger partial charge on any atom is 0.319 e. The second-order valence-electron chi connectivity index (χ2n) is 9.93. The van der Waals surface area contributed by atoms with Crippen molar-refractivity contribution in [1.82, 2.24) is 20.4 Å². The van der Waals surface area contributed by atoms with E-state index in [0.29, 0.717) is 34.2 Å². The van der Waals surface area contributed by atoms with Crippen LogP contribution in [0.3, 0.4) is 0 Å². The lowest BCUT2D eigenvalue weighted by atomic mass is 9.96. The first kappa shape index (κ1) is 24.4. The lowest BCUT2D eigenvalue weighted by Crippen LogP contribution is -2.44. The third-order valence-electron chi connectivity index (χ3n) is 5.95. The number of carbonyl (C=O) groups excluding carboxylic acids is 2. The predicted octanol–water partition coefficient (Wildman–Crippen LogP) is 4.50. The van der Waals surface area contributed by atoms with Gasteiger partial charge in [-0.05, 0) is 69.4 Å². The van der Waals surface area contributed by atoms with Gasteiger partial charge in [0.05, 0.1) is 11.1 Å². The van der Waals surface area contributed by atoms with Gasteiger partial charge in [-0.2, -0.15) is 4.98 Å². The summed E-state index contributed by atoms with van der Waals surface area (Å²) < 4.78 is 5.44. The van der Waals surface area contributed by atoms with Crippen molar-refractivity contribution in [3.63, 3.8) is 0 Å². The van der Waals surface area contributed by atoms with Crippen molar-refractivity contribution in [2.24, 2.45) is 0 Å². The number of nitrogens with one attached hydrogen (secondary N) is 3. The Kier molecular flexibility index (Phi) is 7.16. The summed E-state index contributed by atoms with van der Waals surface area (Å²) in [6.45, 7) is 7.95. The number of amides is 3. The quantitative estimate of drug-likeness (QED) is 0.500. The molecule has 0 radical (unpaired) electrons. The molecule has 3 amide bonds. The molecule has 1 aromatic heterocycles. The molecule has 9 heteroatoms. The Balaban J connectivity index is 1.38. The fourth-order valence-corrected chi connectivity index (χ4v) is 3.85. The summed E-state index contributed by atoms with van der Waals surface area (Å²) in [4.78, 5) is 32.1. The van der Waals surface area contributed by atoms with Crippen molar-refractivity contribution in [2.75, 3.05) is 30.8 Å². The van der Waals surface area contributed by atoms with Gasteiger partial charge in [0.2, 0.25) is 0 Å². The summed E-state index contributed by atoms with van der Waals surface area (Å²) in [5.41, 5.74) is 1.98. The predicted molar refractivity (Wildman–Crippen MR) is 136 cm³/mol. The normalized spacial score (nSPS) is 15.0. The van der Waals surface area contributed by atoms with E-state index in [1.165, 1.54) is 0 Å². The summed E-state index contributed by atoms with van der Waals surface area (Å²) in [6, 6.07) is 14.1. The minimum Gasteiger partial charge on any atom is -0.335 e. The summed E-state index contributed by atoms with van der Waals surface area (Å²) in [5, 5.41) is 12.8. The minimum atomic E-state index is -0.295. The molecule has 1 fully saturated rings. The number of rotatable bonds is 5. The van der Waals surface area contributed by atoms with Crippen LogP contribution in [0.1, 0.15) is 49.8 Å². The fourth-order valence-electron chi connectivity index (χ4n) is 3.85. The molecule has 0 spiro atoms. The standard InChI is InChI=1S/C26H32N6O3/c1-26(2,3)24-30-23(35-31-24)21-8-6-5-7-20(21)22(33)27-17-9-11-18(12-10-17)28-25(34)29-19-13-15-32(4)16-14-19/h5-12,19H,13-16H2,1-4H3,(H,27,33)(H2,28,29,34). The maximum atomic E-state index is 13.0. The first-order chi connectivity index (χ1) is 16.7. The summed E-state index contributed by atoms with van der Waals surface area (Å²) in [5.74, 6) is 0.582. The third-order valence-corrected chi connectivity index (χ3v) is 5.95. The molecule has 0 saturated carbocycles. The van der Waals surface area contributed by atoms with Crippen LogP contribution >= 0.6 is 0 Å². The second kappa shape index (κ2) is 10.3. The molecule has 1 aliphatic rings. The van der Waals surface area contributed by atoms with E-state index in [-0.39, 0.29) is 23.4 Å². The van der Waals surface area contributed by atoms with E-state index in [0.717, 1.165) is 25.9 Å². The summed E-state index contributed by atoms with van der Waals surface area (Å²) >= 11 is 0. The van der Waals surface area contributed by atoms with Crippen molar-refractivity contribution in [2.45, 2.75) is 45.1 Å². The molecule has 0 aliphatic carbocycles. The number of benzene rings is 2. The number of nitrogens with zero attached hydrogens (tertiary/aromatic N) is 3. The van der Waals surface area contributed by atoms with E-state index >= 15 is 0 Å². The van der Waals surface area contributed by atoms with E-state index in [9.17, 15) is 9.59 Å². The molecule has 0 unspecified atom stereocenters. The largest absolute Gasteiger partial charge is 0.335 e. The molecule has 184 valence electrons. The van der Waals surface area contributed by atoms with Crippen LogP contribution in [0.15, 0.2) is 53.1 Å². The van der Waals surface area contributed by atoms with Crippen molar-refractivity contribution >= 4 is 23.3 Å². The number of anilines is 2. The van der Waals surface area contributed by atoms with Gasteiger partial charge in [-0.1, -0.05) is 38.1 Å². The zero-order valence-corrected chi connectivity index (χ0v) is 20.6. The van der Waals surface area contributed by atoms with Gasteiger partial charge in [0.25, 0.3) is 11.8 Å². The average molecular weight is 477 g/mol. The van der Waals surface area contributed by atoms with Crippen LogP contribution in [0.2, 0.25) is 0 Å². The number of hydrogen-bond donors (Lipinski definition) is 3. The Morgan fingerprint density at radius 1 is 0.971 bits per heavy atom. The number of likely N-dealkylation sites (tertiary alicyclic amines) is 1. The summed E-state index contributed by atoms with van der Waals surface area (Å²) in [7, 11) is 2.09. The van der Waals surface area contributed by atoms with Crippen LogP contribution < -0.4 is 16.0 Å². The molecular formula is C26H32N6O3. The highest BCUT2D eigenvalue weighted by Crippen LogP contribution is 2.27. The van der Waals surface area contributed by atoms with E-state index in [1.807, 2.05) is 26.8 Å². The number of piperidine rings is 1. The van der Waals surface area contributed by atoms with E-state index in [4.69, 9.17) is 4.52 Å². The van der Waals surface area contributed by atoms with Gasteiger partial charge in [0.1, 0.15) is 0 Å². The Morgan fingerprint density at radius 2 is 1.60 bits per heavy atom. The molecule has 3 N–H and O–H groups in total. The average Bonchev–Trinajstić information content (AvgIpc) is 3.33. The van der Waals surface area contributed by atoms with Gasteiger partial charge in [-0.25, -0.2) is 4.79 Å². The first-order valence-corrected chi connectivity index (χ1v) is 11.8. The number of aromatic nitrogens is 2. The Bertz CT molecular complexity index is 1170. The number of carbonyl (C=O) groups is 2. The highest BCUT2D eigenvalue weighted by molar-refractivity contribution is 6.08. The van der Waals surface area contributed by atoms with Crippen LogP contribution in [0, 0.1) is 0 Å². The van der Waals surface area contributed by atoms with Crippen molar-refractivity contribution in [1.29, 1.82) is 0 Å². The highest BCUT2D eigenvalue weighted by Gasteiger charge is 2.24. The lowest BCUT2D eigenvalue weighted by molar-refractivity contribution is 0.102. The van der Waals surface area contributed by atoms with Crippen molar-refractivity contribution < 1.29 is 14.1 Å². The van der Waals surface area contributed by atoms with Crippen molar-refractivity contribution in [3.8, 4) is 11.5 Å². The zero-order valence-electron chi connectivity index (χ0n) is 20.6. The van der Waals surface area contributed by atoms with E-state index in [1.54, 1.807) is 42.5 Å². The molecule has 3 aromatic rings. The van der Waals surface area contributed by atoms with Crippen LogP contribution in [-0.4, -0.2) is 53.2 Å². The molecule has 1 saturated heterocycles. The minimum absolute atomic E-state index is 0.183. The molecule has 35 heavy (non-hydrogen) atoms.